The van der Waals surface area contributed by atoms with E-state index in [1.54, 1.807) is 6.20 Å². The summed E-state index contributed by atoms with van der Waals surface area (Å²) in [5.41, 5.74) is 2.87. The highest BCUT2D eigenvalue weighted by Crippen LogP contribution is 2.24. The van der Waals surface area contributed by atoms with E-state index in [9.17, 15) is 4.79 Å². The Balaban J connectivity index is 2.10. The molecule has 0 saturated carbocycles. The number of nitrogens with one attached hydrogen (secondary N) is 2. The largest absolute Gasteiger partial charge is 0.324 e. The van der Waals surface area contributed by atoms with Gasteiger partial charge in [0.15, 0.2) is 0 Å². The fourth-order valence-corrected chi connectivity index (χ4v) is 2.02. The van der Waals surface area contributed by atoms with Crippen LogP contribution in [0.5, 0.6) is 0 Å². The minimum absolute atomic E-state index is 0.0724. The Hall–Kier alpha value is -1.84. The van der Waals surface area contributed by atoms with Crippen LogP contribution >= 0.6 is 0 Å². The summed E-state index contributed by atoms with van der Waals surface area (Å²) >= 11 is 0. The molecule has 0 spiro atoms. The number of aromatic nitrogens is 2. The number of H-pyrrole nitrogens is 1. The monoisotopic (exact) mass is 245 g/mol. The summed E-state index contributed by atoms with van der Waals surface area (Å²) < 4.78 is 0. The van der Waals surface area contributed by atoms with Crippen molar-refractivity contribution in [3.05, 3.63) is 23.9 Å². The van der Waals surface area contributed by atoms with Crippen molar-refractivity contribution in [3.8, 4) is 0 Å². The Morgan fingerprint density at radius 1 is 1.39 bits per heavy atom. The maximum Gasteiger partial charge on any atom is 0.224 e. The predicted octanol–water partition coefficient (Wildman–Crippen LogP) is 3.39. The zero-order chi connectivity index (χ0) is 13.0. The number of nitrogens with zero attached hydrogens (tertiary/aromatic N) is 1. The van der Waals surface area contributed by atoms with Gasteiger partial charge in [0.05, 0.1) is 17.4 Å². The van der Waals surface area contributed by atoms with Crippen molar-refractivity contribution in [2.24, 2.45) is 0 Å². The summed E-state index contributed by atoms with van der Waals surface area (Å²) in [7, 11) is 0. The molecule has 18 heavy (non-hydrogen) atoms. The molecule has 1 heterocycles. The fraction of sp³-hybridized carbons (Fsp3) is 0.429. The highest BCUT2D eigenvalue weighted by atomic mass is 16.1. The average molecular weight is 245 g/mol. The van der Waals surface area contributed by atoms with Crippen LogP contribution in [0, 0.1) is 6.92 Å². The number of hydrogen-bond donors (Lipinski definition) is 2. The summed E-state index contributed by atoms with van der Waals surface area (Å²) in [5, 5.41) is 11.0. The van der Waals surface area contributed by atoms with Crippen molar-refractivity contribution in [1.29, 1.82) is 0 Å². The molecular weight excluding hydrogens is 226 g/mol. The van der Waals surface area contributed by atoms with E-state index >= 15 is 0 Å². The fourth-order valence-electron chi connectivity index (χ4n) is 2.02. The van der Waals surface area contributed by atoms with Crippen molar-refractivity contribution in [3.63, 3.8) is 0 Å². The van der Waals surface area contributed by atoms with Gasteiger partial charge in [0.2, 0.25) is 5.91 Å². The molecule has 96 valence electrons. The van der Waals surface area contributed by atoms with Crippen LogP contribution in [0.3, 0.4) is 0 Å². The van der Waals surface area contributed by atoms with Gasteiger partial charge in [-0.15, -0.1) is 0 Å². The molecule has 0 fully saturated rings. The van der Waals surface area contributed by atoms with Crippen LogP contribution in [0.2, 0.25) is 0 Å². The van der Waals surface area contributed by atoms with Gasteiger partial charge in [0.25, 0.3) is 0 Å². The smallest absolute Gasteiger partial charge is 0.224 e. The molecule has 2 N–H and O–H groups in total. The van der Waals surface area contributed by atoms with Crippen LogP contribution in [-0.2, 0) is 4.79 Å². The first kappa shape index (κ1) is 12.6. The molecule has 4 nitrogen and oxygen atoms in total. The predicted molar refractivity (Wildman–Crippen MR) is 73.6 cm³/mol. The summed E-state index contributed by atoms with van der Waals surface area (Å²) in [6.07, 6.45) is 5.54. The van der Waals surface area contributed by atoms with Crippen LogP contribution in [0.4, 0.5) is 5.69 Å². The third-order valence-electron chi connectivity index (χ3n) is 3.11. The molecule has 0 saturated heterocycles. The van der Waals surface area contributed by atoms with Crippen LogP contribution in [-0.4, -0.2) is 16.1 Å². The second kappa shape index (κ2) is 5.67. The van der Waals surface area contributed by atoms with Crippen LogP contribution < -0.4 is 5.32 Å². The van der Waals surface area contributed by atoms with Gasteiger partial charge in [0.1, 0.15) is 0 Å². The molecule has 0 bridgehead atoms. The molecule has 1 aromatic heterocycles. The third-order valence-corrected chi connectivity index (χ3v) is 3.11. The maximum absolute atomic E-state index is 11.8. The Morgan fingerprint density at radius 2 is 2.22 bits per heavy atom. The number of anilines is 1. The molecule has 0 aliphatic rings. The molecule has 0 aliphatic carbocycles. The van der Waals surface area contributed by atoms with Crippen LogP contribution in [0.15, 0.2) is 18.3 Å². The normalized spacial score (nSPS) is 10.8. The molecule has 0 radical (unpaired) electrons. The van der Waals surface area contributed by atoms with Crippen molar-refractivity contribution in [2.75, 3.05) is 5.32 Å². The number of unbranched alkanes of at least 4 members (excludes halogenated alkanes) is 2. The van der Waals surface area contributed by atoms with E-state index < -0.39 is 0 Å². The first-order valence-corrected chi connectivity index (χ1v) is 6.45. The van der Waals surface area contributed by atoms with Crippen molar-refractivity contribution in [1.82, 2.24) is 10.2 Å². The molecule has 2 rings (SSSR count). The second-order valence-electron chi connectivity index (χ2n) is 4.59. The van der Waals surface area contributed by atoms with Gasteiger partial charge >= 0.3 is 0 Å². The quantitative estimate of drug-likeness (QED) is 0.793. The van der Waals surface area contributed by atoms with E-state index in [1.807, 2.05) is 19.1 Å². The highest BCUT2D eigenvalue weighted by Gasteiger charge is 2.08. The van der Waals surface area contributed by atoms with Gasteiger partial charge in [0, 0.05) is 11.8 Å². The molecule has 0 atom stereocenters. The average Bonchev–Trinajstić information content (AvgIpc) is 2.83. The van der Waals surface area contributed by atoms with Gasteiger partial charge < -0.3 is 5.32 Å². The highest BCUT2D eigenvalue weighted by molar-refractivity contribution is 6.01. The number of rotatable bonds is 5. The van der Waals surface area contributed by atoms with Crippen molar-refractivity contribution in [2.45, 2.75) is 39.5 Å². The number of fused-ring (bicyclic) bond motifs is 1. The van der Waals surface area contributed by atoms with Crippen LogP contribution in [0.25, 0.3) is 10.9 Å². The van der Waals surface area contributed by atoms with Crippen molar-refractivity contribution < 1.29 is 4.79 Å². The lowest BCUT2D eigenvalue weighted by atomic mass is 10.1. The molecular formula is C14H19N3O. The lowest BCUT2D eigenvalue weighted by molar-refractivity contribution is -0.116. The van der Waals surface area contributed by atoms with E-state index in [0.717, 1.165) is 41.4 Å². The number of aryl methyl sites for hydroxylation is 1. The third kappa shape index (κ3) is 2.70. The lowest BCUT2D eigenvalue weighted by Crippen LogP contribution is -2.11. The van der Waals surface area contributed by atoms with E-state index in [4.69, 9.17) is 0 Å². The van der Waals surface area contributed by atoms with Crippen LogP contribution in [0.1, 0.15) is 38.2 Å². The zero-order valence-corrected chi connectivity index (χ0v) is 10.9. The summed E-state index contributed by atoms with van der Waals surface area (Å²) in [5.74, 6) is 0.0724. The molecule has 0 unspecified atom stereocenters. The minimum atomic E-state index is 0.0724. The number of carbonyl (C=O) groups excluding carboxylic acids is 1. The molecule has 1 amide bonds. The SMILES string of the molecule is CCCCCC(=O)Nc1ccc(C)c2cn[nH]c12. The number of hydrogen-bond acceptors (Lipinski definition) is 2. The Labute approximate surface area is 107 Å². The Kier molecular flexibility index (Phi) is 3.97. The standard InChI is InChI=1S/C14H19N3O/c1-3-4-5-6-13(18)16-12-8-7-10(2)11-9-15-17-14(11)12/h7-9H,3-6H2,1-2H3,(H,15,17)(H,16,18). The zero-order valence-electron chi connectivity index (χ0n) is 10.9. The van der Waals surface area contributed by atoms with E-state index in [-0.39, 0.29) is 5.91 Å². The van der Waals surface area contributed by atoms with E-state index in [1.165, 1.54) is 0 Å². The molecule has 1 aromatic carbocycles. The lowest BCUT2D eigenvalue weighted by Gasteiger charge is -2.07. The second-order valence-corrected chi connectivity index (χ2v) is 4.59. The van der Waals surface area contributed by atoms with E-state index in [0.29, 0.717) is 6.42 Å². The number of carbonyl (C=O) groups is 1. The first-order valence-electron chi connectivity index (χ1n) is 6.45. The van der Waals surface area contributed by atoms with Gasteiger partial charge in [-0.2, -0.15) is 5.10 Å². The minimum Gasteiger partial charge on any atom is -0.324 e. The van der Waals surface area contributed by atoms with Crippen molar-refractivity contribution >= 4 is 22.5 Å². The Bertz CT molecular complexity index is 545. The Morgan fingerprint density at radius 3 is 3.00 bits per heavy atom. The topological polar surface area (TPSA) is 57.8 Å². The number of amides is 1. The summed E-state index contributed by atoms with van der Waals surface area (Å²) in [4.78, 5) is 11.8. The molecule has 4 heteroatoms. The van der Waals surface area contributed by atoms with Gasteiger partial charge in [-0.25, -0.2) is 0 Å². The molecule has 2 aromatic rings. The molecule has 0 aliphatic heterocycles. The number of benzene rings is 1. The number of aromatic amines is 1. The summed E-state index contributed by atoms with van der Waals surface area (Å²) in [6.45, 7) is 4.16. The maximum atomic E-state index is 11.8. The van der Waals surface area contributed by atoms with Gasteiger partial charge in [-0.1, -0.05) is 25.8 Å². The van der Waals surface area contributed by atoms with Gasteiger partial charge in [-0.05, 0) is 25.0 Å². The first-order chi connectivity index (χ1) is 8.72. The summed E-state index contributed by atoms with van der Waals surface area (Å²) in [6, 6.07) is 3.92. The van der Waals surface area contributed by atoms with Gasteiger partial charge in [-0.3, -0.25) is 9.89 Å². The van der Waals surface area contributed by atoms with E-state index in [2.05, 4.69) is 22.4 Å².